The Kier molecular flexibility index (Phi) is 6.34. The number of primary amides is 1. The van der Waals surface area contributed by atoms with Gasteiger partial charge in [-0.3, -0.25) is 9.59 Å². The summed E-state index contributed by atoms with van der Waals surface area (Å²) in [6, 6.07) is 22.0. The van der Waals surface area contributed by atoms with Crippen LogP contribution in [0, 0.1) is 6.92 Å². The van der Waals surface area contributed by atoms with E-state index in [9.17, 15) is 9.59 Å². The van der Waals surface area contributed by atoms with Crippen molar-refractivity contribution in [3.63, 3.8) is 0 Å². The van der Waals surface area contributed by atoms with Gasteiger partial charge in [0.25, 0.3) is 5.91 Å². The number of nitrogens with two attached hydrogens (primary N) is 1. The first-order chi connectivity index (χ1) is 13.5. The van der Waals surface area contributed by atoms with Crippen molar-refractivity contribution in [2.75, 3.05) is 11.1 Å². The van der Waals surface area contributed by atoms with E-state index in [0.717, 1.165) is 11.3 Å². The fraction of sp³-hybridized carbons (Fsp3) is 0.0909. The van der Waals surface area contributed by atoms with Crippen LogP contribution in [0.2, 0.25) is 0 Å². The lowest BCUT2D eigenvalue weighted by Crippen LogP contribution is -2.15. The Labute approximate surface area is 167 Å². The molecule has 0 aliphatic carbocycles. The summed E-state index contributed by atoms with van der Waals surface area (Å²) < 4.78 is 5.82. The number of ether oxygens (including phenoxy) is 1. The number of aryl methyl sites for hydroxylation is 1. The van der Waals surface area contributed by atoms with E-state index in [1.165, 1.54) is 11.8 Å². The predicted octanol–water partition coefficient (Wildman–Crippen LogP) is 4.62. The van der Waals surface area contributed by atoms with E-state index < -0.39 is 5.91 Å². The molecule has 2 amide bonds. The van der Waals surface area contributed by atoms with Crippen LogP contribution in [0.4, 0.5) is 5.69 Å². The van der Waals surface area contributed by atoms with Crippen LogP contribution in [0.3, 0.4) is 0 Å². The van der Waals surface area contributed by atoms with Crippen LogP contribution in [0.1, 0.15) is 15.9 Å². The summed E-state index contributed by atoms with van der Waals surface area (Å²) in [7, 11) is 0. The minimum absolute atomic E-state index is 0.120. The van der Waals surface area contributed by atoms with E-state index in [1.807, 2.05) is 37.3 Å². The SMILES string of the molecule is Cc1cccc(Oc2ccc(NC(=O)c3ccccc3SCC(N)=O)cc2)c1. The molecule has 0 aromatic heterocycles. The van der Waals surface area contributed by atoms with Gasteiger partial charge in [-0.15, -0.1) is 11.8 Å². The third-order valence-electron chi connectivity index (χ3n) is 3.84. The summed E-state index contributed by atoms with van der Waals surface area (Å²) in [5, 5.41) is 2.86. The largest absolute Gasteiger partial charge is 0.457 e. The van der Waals surface area contributed by atoms with Gasteiger partial charge < -0.3 is 15.8 Å². The molecular weight excluding hydrogens is 372 g/mol. The van der Waals surface area contributed by atoms with Gasteiger partial charge in [0.05, 0.1) is 11.3 Å². The van der Waals surface area contributed by atoms with E-state index >= 15 is 0 Å². The molecule has 5 nitrogen and oxygen atoms in total. The number of amides is 2. The Balaban J connectivity index is 1.67. The molecule has 0 aliphatic heterocycles. The smallest absolute Gasteiger partial charge is 0.256 e. The van der Waals surface area contributed by atoms with Gasteiger partial charge in [0, 0.05) is 10.6 Å². The summed E-state index contributed by atoms with van der Waals surface area (Å²) in [5.41, 5.74) is 7.46. The summed E-state index contributed by atoms with van der Waals surface area (Å²) in [6.45, 7) is 2.01. The van der Waals surface area contributed by atoms with Gasteiger partial charge in [-0.2, -0.15) is 0 Å². The fourth-order valence-electron chi connectivity index (χ4n) is 2.55. The number of benzene rings is 3. The van der Waals surface area contributed by atoms with Crippen molar-refractivity contribution < 1.29 is 14.3 Å². The van der Waals surface area contributed by atoms with Gasteiger partial charge in [0.1, 0.15) is 11.5 Å². The zero-order chi connectivity index (χ0) is 19.9. The van der Waals surface area contributed by atoms with Crippen molar-refractivity contribution in [2.24, 2.45) is 5.73 Å². The van der Waals surface area contributed by atoms with Crippen molar-refractivity contribution in [3.05, 3.63) is 83.9 Å². The van der Waals surface area contributed by atoms with Gasteiger partial charge in [-0.25, -0.2) is 0 Å². The highest BCUT2D eigenvalue weighted by atomic mass is 32.2. The average Bonchev–Trinajstić information content (AvgIpc) is 2.68. The zero-order valence-corrected chi connectivity index (χ0v) is 16.2. The molecule has 0 heterocycles. The van der Waals surface area contributed by atoms with E-state index in [4.69, 9.17) is 10.5 Å². The molecule has 0 bridgehead atoms. The van der Waals surface area contributed by atoms with Gasteiger partial charge in [-0.1, -0.05) is 24.3 Å². The normalized spacial score (nSPS) is 10.3. The van der Waals surface area contributed by atoms with Crippen molar-refractivity contribution in [3.8, 4) is 11.5 Å². The highest BCUT2D eigenvalue weighted by molar-refractivity contribution is 8.00. The Morgan fingerprint density at radius 2 is 1.71 bits per heavy atom. The van der Waals surface area contributed by atoms with Crippen LogP contribution < -0.4 is 15.8 Å². The molecule has 0 atom stereocenters. The Morgan fingerprint density at radius 1 is 0.964 bits per heavy atom. The van der Waals surface area contributed by atoms with Crippen LogP contribution in [-0.4, -0.2) is 17.6 Å². The van der Waals surface area contributed by atoms with Crippen molar-refractivity contribution in [2.45, 2.75) is 11.8 Å². The molecule has 0 saturated carbocycles. The van der Waals surface area contributed by atoms with Crippen LogP contribution in [0.25, 0.3) is 0 Å². The maximum Gasteiger partial charge on any atom is 0.256 e. The Hall–Kier alpha value is -3.25. The third-order valence-corrected chi connectivity index (χ3v) is 4.93. The number of hydrogen-bond acceptors (Lipinski definition) is 4. The van der Waals surface area contributed by atoms with Crippen LogP contribution in [-0.2, 0) is 4.79 Å². The van der Waals surface area contributed by atoms with Crippen molar-refractivity contribution in [1.82, 2.24) is 0 Å². The predicted molar refractivity (Wildman–Crippen MR) is 112 cm³/mol. The zero-order valence-electron chi connectivity index (χ0n) is 15.3. The monoisotopic (exact) mass is 392 g/mol. The molecule has 0 spiro atoms. The molecule has 0 fully saturated rings. The van der Waals surface area contributed by atoms with Gasteiger partial charge >= 0.3 is 0 Å². The second-order valence-electron chi connectivity index (χ2n) is 6.15. The summed E-state index contributed by atoms with van der Waals surface area (Å²) in [5.74, 6) is 0.887. The molecule has 28 heavy (non-hydrogen) atoms. The van der Waals surface area contributed by atoms with Crippen molar-refractivity contribution >= 4 is 29.3 Å². The maximum atomic E-state index is 12.6. The Morgan fingerprint density at radius 3 is 2.43 bits per heavy atom. The second kappa shape index (κ2) is 9.10. The molecule has 0 radical (unpaired) electrons. The van der Waals surface area contributed by atoms with Crippen molar-refractivity contribution in [1.29, 1.82) is 0 Å². The molecule has 142 valence electrons. The average molecular weight is 392 g/mol. The standard InChI is InChI=1S/C22H20N2O3S/c1-15-5-4-6-18(13-15)27-17-11-9-16(10-12-17)24-22(26)19-7-2-3-8-20(19)28-14-21(23)25/h2-13H,14H2,1H3,(H2,23,25)(H,24,26). The molecule has 0 saturated heterocycles. The summed E-state index contributed by atoms with van der Waals surface area (Å²) >= 11 is 1.24. The highest BCUT2D eigenvalue weighted by Gasteiger charge is 2.12. The molecule has 3 aromatic carbocycles. The lowest BCUT2D eigenvalue weighted by atomic mass is 10.2. The summed E-state index contributed by atoms with van der Waals surface area (Å²) in [4.78, 5) is 24.3. The molecule has 6 heteroatoms. The lowest BCUT2D eigenvalue weighted by molar-refractivity contribution is -0.115. The molecule has 3 aromatic rings. The van der Waals surface area contributed by atoms with Crippen LogP contribution in [0.5, 0.6) is 11.5 Å². The minimum atomic E-state index is -0.426. The molecule has 3 rings (SSSR count). The topological polar surface area (TPSA) is 81.4 Å². The molecule has 3 N–H and O–H groups in total. The molecule has 0 aliphatic rings. The van der Waals surface area contributed by atoms with E-state index in [0.29, 0.717) is 21.9 Å². The Bertz CT molecular complexity index is 987. The van der Waals surface area contributed by atoms with E-state index in [1.54, 1.807) is 42.5 Å². The first-order valence-corrected chi connectivity index (χ1v) is 9.66. The number of nitrogens with one attached hydrogen (secondary N) is 1. The van der Waals surface area contributed by atoms with E-state index in [-0.39, 0.29) is 11.7 Å². The number of thioether (sulfide) groups is 1. The number of anilines is 1. The molecular formula is C22H20N2O3S. The van der Waals surface area contributed by atoms with Gasteiger partial charge in [0.15, 0.2) is 0 Å². The maximum absolute atomic E-state index is 12.6. The minimum Gasteiger partial charge on any atom is -0.457 e. The lowest BCUT2D eigenvalue weighted by Gasteiger charge is -2.10. The van der Waals surface area contributed by atoms with Crippen LogP contribution >= 0.6 is 11.8 Å². The fourth-order valence-corrected chi connectivity index (χ4v) is 3.34. The van der Waals surface area contributed by atoms with E-state index in [2.05, 4.69) is 5.32 Å². The number of hydrogen-bond donors (Lipinski definition) is 2. The second-order valence-corrected chi connectivity index (χ2v) is 7.17. The van der Waals surface area contributed by atoms with Gasteiger partial charge in [0.2, 0.25) is 5.91 Å². The first-order valence-electron chi connectivity index (χ1n) is 8.67. The number of carbonyl (C=O) groups excluding carboxylic acids is 2. The summed E-state index contributed by atoms with van der Waals surface area (Å²) in [6.07, 6.45) is 0. The first kappa shape index (κ1) is 19.5. The molecule has 0 unspecified atom stereocenters. The van der Waals surface area contributed by atoms with Gasteiger partial charge in [-0.05, 0) is 61.0 Å². The number of carbonyl (C=O) groups is 2. The third kappa shape index (κ3) is 5.37. The number of rotatable bonds is 7. The van der Waals surface area contributed by atoms with Crippen LogP contribution in [0.15, 0.2) is 77.7 Å². The highest BCUT2D eigenvalue weighted by Crippen LogP contribution is 2.26. The quantitative estimate of drug-likeness (QED) is 0.575.